The van der Waals surface area contributed by atoms with E-state index >= 15 is 0 Å². The normalized spacial score (nSPS) is 38.4. The standard InChI is InChI=1S/C7H12F2O/c1-3-6-4-7(8,9)5(2)10-6/h5-6H,3-4H2,1-2H3/t5?,6-/m1/s1. The van der Waals surface area contributed by atoms with Gasteiger partial charge in [-0.2, -0.15) is 0 Å². The van der Waals surface area contributed by atoms with Crippen molar-refractivity contribution < 1.29 is 13.5 Å². The fourth-order valence-corrected chi connectivity index (χ4v) is 1.15. The molecule has 3 heteroatoms. The quantitative estimate of drug-likeness (QED) is 0.556. The third kappa shape index (κ3) is 1.29. The van der Waals surface area contributed by atoms with Crippen LogP contribution in [-0.4, -0.2) is 18.1 Å². The lowest BCUT2D eigenvalue weighted by Gasteiger charge is -2.10. The summed E-state index contributed by atoms with van der Waals surface area (Å²) in [7, 11) is 0. The van der Waals surface area contributed by atoms with Crippen LogP contribution < -0.4 is 0 Å². The van der Waals surface area contributed by atoms with Crippen LogP contribution >= 0.6 is 0 Å². The molecule has 1 saturated heterocycles. The third-order valence-corrected chi connectivity index (χ3v) is 1.95. The lowest BCUT2D eigenvalue weighted by Crippen LogP contribution is -2.24. The van der Waals surface area contributed by atoms with Crippen molar-refractivity contribution in [3.05, 3.63) is 0 Å². The van der Waals surface area contributed by atoms with Crippen LogP contribution in [0.3, 0.4) is 0 Å². The van der Waals surface area contributed by atoms with Crippen LogP contribution in [-0.2, 0) is 4.74 Å². The molecule has 0 spiro atoms. The van der Waals surface area contributed by atoms with Gasteiger partial charge in [-0.15, -0.1) is 0 Å². The van der Waals surface area contributed by atoms with E-state index in [0.717, 1.165) is 0 Å². The van der Waals surface area contributed by atoms with Crippen LogP contribution in [0.25, 0.3) is 0 Å². The molecule has 0 aromatic carbocycles. The molecule has 1 rings (SSSR count). The molecule has 1 aliphatic rings. The van der Waals surface area contributed by atoms with Crippen LogP contribution in [0.2, 0.25) is 0 Å². The van der Waals surface area contributed by atoms with E-state index in [1.165, 1.54) is 6.92 Å². The minimum Gasteiger partial charge on any atom is -0.369 e. The van der Waals surface area contributed by atoms with Gasteiger partial charge in [-0.25, -0.2) is 8.78 Å². The van der Waals surface area contributed by atoms with Crippen LogP contribution in [0.4, 0.5) is 8.78 Å². The van der Waals surface area contributed by atoms with Gasteiger partial charge in [0.2, 0.25) is 0 Å². The Bertz CT molecular complexity index is 125. The summed E-state index contributed by atoms with van der Waals surface area (Å²) in [6, 6.07) is 0. The first-order valence-corrected chi connectivity index (χ1v) is 3.59. The Hall–Kier alpha value is -0.180. The summed E-state index contributed by atoms with van der Waals surface area (Å²) in [6.07, 6.45) is -0.549. The predicted octanol–water partition coefficient (Wildman–Crippen LogP) is 2.21. The van der Waals surface area contributed by atoms with Crippen molar-refractivity contribution in [1.82, 2.24) is 0 Å². The summed E-state index contributed by atoms with van der Waals surface area (Å²) in [5, 5.41) is 0. The number of hydrogen-bond acceptors (Lipinski definition) is 1. The van der Waals surface area contributed by atoms with Gasteiger partial charge in [0.25, 0.3) is 5.92 Å². The molecule has 0 aromatic heterocycles. The minimum atomic E-state index is -2.60. The summed E-state index contributed by atoms with van der Waals surface area (Å²) in [5.41, 5.74) is 0. The lowest BCUT2D eigenvalue weighted by molar-refractivity contribution is -0.0645. The molecule has 2 atom stereocenters. The monoisotopic (exact) mass is 150 g/mol. The van der Waals surface area contributed by atoms with E-state index in [4.69, 9.17) is 4.74 Å². The van der Waals surface area contributed by atoms with Crippen molar-refractivity contribution in [2.45, 2.75) is 44.8 Å². The fraction of sp³-hybridized carbons (Fsp3) is 1.00. The molecule has 0 aliphatic carbocycles. The Kier molecular flexibility index (Phi) is 1.95. The van der Waals surface area contributed by atoms with Crippen molar-refractivity contribution >= 4 is 0 Å². The molecule has 0 N–H and O–H groups in total. The van der Waals surface area contributed by atoms with Crippen molar-refractivity contribution in [3.63, 3.8) is 0 Å². The first-order chi connectivity index (χ1) is 4.56. The Morgan fingerprint density at radius 1 is 1.60 bits per heavy atom. The first kappa shape index (κ1) is 7.92. The molecule has 0 bridgehead atoms. The second-order valence-corrected chi connectivity index (χ2v) is 2.77. The van der Waals surface area contributed by atoms with Gasteiger partial charge in [0.05, 0.1) is 6.10 Å². The summed E-state index contributed by atoms with van der Waals surface area (Å²) in [6.45, 7) is 3.29. The van der Waals surface area contributed by atoms with Gasteiger partial charge in [0, 0.05) is 6.42 Å². The zero-order chi connectivity index (χ0) is 7.78. The average molecular weight is 150 g/mol. The SMILES string of the molecule is CC[C@@H]1CC(F)(F)C(C)O1. The van der Waals surface area contributed by atoms with E-state index in [-0.39, 0.29) is 12.5 Å². The van der Waals surface area contributed by atoms with Gasteiger partial charge < -0.3 is 4.74 Å². The van der Waals surface area contributed by atoms with Crippen LogP contribution in [0.15, 0.2) is 0 Å². The highest BCUT2D eigenvalue weighted by Crippen LogP contribution is 2.36. The van der Waals surface area contributed by atoms with Gasteiger partial charge in [0.1, 0.15) is 6.10 Å². The molecule has 1 nitrogen and oxygen atoms in total. The Balaban J connectivity index is 2.53. The van der Waals surface area contributed by atoms with Crippen molar-refractivity contribution in [2.24, 2.45) is 0 Å². The van der Waals surface area contributed by atoms with Gasteiger partial charge in [-0.3, -0.25) is 0 Å². The van der Waals surface area contributed by atoms with E-state index in [0.29, 0.717) is 6.42 Å². The smallest absolute Gasteiger partial charge is 0.275 e. The van der Waals surface area contributed by atoms with E-state index in [1.54, 1.807) is 0 Å². The molecule has 1 fully saturated rings. The number of hydrogen-bond donors (Lipinski definition) is 0. The van der Waals surface area contributed by atoms with Gasteiger partial charge >= 0.3 is 0 Å². The van der Waals surface area contributed by atoms with Crippen molar-refractivity contribution in [1.29, 1.82) is 0 Å². The highest BCUT2D eigenvalue weighted by Gasteiger charge is 2.46. The maximum Gasteiger partial charge on any atom is 0.275 e. The number of ether oxygens (including phenoxy) is 1. The summed E-state index contributed by atoms with van der Waals surface area (Å²) in [4.78, 5) is 0. The molecule has 1 unspecified atom stereocenters. The number of alkyl halides is 2. The Morgan fingerprint density at radius 2 is 2.20 bits per heavy atom. The predicted molar refractivity (Wildman–Crippen MR) is 34.2 cm³/mol. The summed E-state index contributed by atoms with van der Waals surface area (Å²) >= 11 is 0. The Labute approximate surface area is 59.4 Å². The molecular formula is C7H12F2O. The highest BCUT2D eigenvalue weighted by atomic mass is 19.3. The first-order valence-electron chi connectivity index (χ1n) is 3.59. The Morgan fingerprint density at radius 3 is 2.40 bits per heavy atom. The van der Waals surface area contributed by atoms with Gasteiger partial charge in [-0.1, -0.05) is 6.92 Å². The zero-order valence-electron chi connectivity index (χ0n) is 6.23. The fourth-order valence-electron chi connectivity index (χ4n) is 1.15. The van der Waals surface area contributed by atoms with E-state index in [1.807, 2.05) is 6.92 Å². The van der Waals surface area contributed by atoms with Crippen LogP contribution in [0.5, 0.6) is 0 Å². The highest BCUT2D eigenvalue weighted by molar-refractivity contribution is 4.85. The number of halogens is 2. The molecule has 1 heterocycles. The van der Waals surface area contributed by atoms with Gasteiger partial charge in [0.15, 0.2) is 0 Å². The second-order valence-electron chi connectivity index (χ2n) is 2.77. The largest absolute Gasteiger partial charge is 0.369 e. The van der Waals surface area contributed by atoms with E-state index in [9.17, 15) is 8.78 Å². The van der Waals surface area contributed by atoms with Crippen molar-refractivity contribution in [2.75, 3.05) is 0 Å². The van der Waals surface area contributed by atoms with Crippen LogP contribution in [0, 0.1) is 0 Å². The summed E-state index contributed by atoms with van der Waals surface area (Å²) < 4.78 is 30.3. The van der Waals surface area contributed by atoms with E-state index < -0.39 is 12.0 Å². The lowest BCUT2D eigenvalue weighted by atomic mass is 10.1. The second kappa shape index (κ2) is 2.46. The molecule has 10 heavy (non-hydrogen) atoms. The third-order valence-electron chi connectivity index (χ3n) is 1.95. The topological polar surface area (TPSA) is 9.23 Å². The van der Waals surface area contributed by atoms with Crippen LogP contribution in [0.1, 0.15) is 26.7 Å². The molecule has 1 aliphatic heterocycles. The zero-order valence-corrected chi connectivity index (χ0v) is 6.23. The molecule has 0 saturated carbocycles. The molecule has 60 valence electrons. The van der Waals surface area contributed by atoms with Crippen molar-refractivity contribution in [3.8, 4) is 0 Å². The maximum absolute atomic E-state index is 12.7. The molecule has 0 amide bonds. The average Bonchev–Trinajstić information content (AvgIpc) is 2.08. The molecule has 0 aromatic rings. The minimum absolute atomic E-state index is 0.106. The summed E-state index contributed by atoms with van der Waals surface area (Å²) in [5.74, 6) is -2.60. The molecular weight excluding hydrogens is 138 g/mol. The molecule has 0 radical (unpaired) electrons. The van der Waals surface area contributed by atoms with Gasteiger partial charge in [-0.05, 0) is 13.3 Å². The maximum atomic E-state index is 12.7. The van der Waals surface area contributed by atoms with E-state index in [2.05, 4.69) is 0 Å². The number of rotatable bonds is 1.